The van der Waals surface area contributed by atoms with Crippen LogP contribution >= 0.6 is 15.9 Å². The molecule has 0 aliphatic rings. The number of benzene rings is 2. The fourth-order valence-electron chi connectivity index (χ4n) is 2.56. The van der Waals surface area contributed by atoms with E-state index >= 15 is 0 Å². The highest BCUT2D eigenvalue weighted by molar-refractivity contribution is 9.10. The number of carbonyl (C=O) groups excluding carboxylic acids is 1. The predicted molar refractivity (Wildman–Crippen MR) is 107 cm³/mol. The first kappa shape index (κ1) is 20.0. The van der Waals surface area contributed by atoms with Gasteiger partial charge in [0.05, 0.1) is 30.8 Å². The number of nitrogens with one attached hydrogen (secondary N) is 1. The number of ether oxygens (including phenoxy) is 2. The lowest BCUT2D eigenvalue weighted by atomic mass is 10.0. The van der Waals surface area contributed by atoms with E-state index in [2.05, 4.69) is 32.5 Å². The molecular formula is C20H23BrN2O3. The molecular weight excluding hydrogens is 396 g/mol. The van der Waals surface area contributed by atoms with E-state index in [1.165, 1.54) is 5.56 Å². The van der Waals surface area contributed by atoms with Crippen LogP contribution in [0.1, 0.15) is 29.2 Å². The second-order valence-corrected chi connectivity index (χ2v) is 6.72. The van der Waals surface area contributed by atoms with E-state index in [-0.39, 0.29) is 5.91 Å². The van der Waals surface area contributed by atoms with Crippen LogP contribution in [0, 0.1) is 13.8 Å². The van der Waals surface area contributed by atoms with Crippen LogP contribution < -0.4 is 14.9 Å². The van der Waals surface area contributed by atoms with Gasteiger partial charge in [-0.3, -0.25) is 4.79 Å². The number of halogens is 1. The van der Waals surface area contributed by atoms with Crippen LogP contribution in [0.25, 0.3) is 0 Å². The Balaban J connectivity index is 2.04. The summed E-state index contributed by atoms with van der Waals surface area (Å²) in [6.07, 6.45) is 1.87. The number of amides is 1. The van der Waals surface area contributed by atoms with E-state index in [0.717, 1.165) is 21.2 Å². The average Bonchev–Trinajstić information content (AvgIpc) is 2.58. The smallest absolute Gasteiger partial charge is 0.244 e. The Bertz CT molecular complexity index is 819. The second kappa shape index (κ2) is 9.38. The summed E-state index contributed by atoms with van der Waals surface area (Å²) in [7, 11) is 1.59. The Morgan fingerprint density at radius 3 is 2.69 bits per heavy atom. The molecule has 0 bridgehead atoms. The van der Waals surface area contributed by atoms with Crippen LogP contribution in [0.5, 0.6) is 11.5 Å². The minimum atomic E-state index is -0.161. The van der Waals surface area contributed by atoms with Crippen LogP contribution in [0.3, 0.4) is 0 Å². The maximum atomic E-state index is 12.1. The first-order valence-electron chi connectivity index (χ1n) is 8.33. The van der Waals surface area contributed by atoms with Crippen molar-refractivity contribution in [3.05, 3.63) is 57.1 Å². The first-order chi connectivity index (χ1) is 12.4. The summed E-state index contributed by atoms with van der Waals surface area (Å²) in [6, 6.07) is 9.70. The lowest BCUT2D eigenvalue weighted by Crippen LogP contribution is -2.20. The van der Waals surface area contributed by atoms with Crippen LogP contribution in [0.15, 0.2) is 39.9 Å². The van der Waals surface area contributed by atoms with E-state index in [1.807, 2.05) is 45.0 Å². The highest BCUT2D eigenvalue weighted by Gasteiger charge is 2.10. The fourth-order valence-corrected chi connectivity index (χ4v) is 3.18. The molecule has 138 valence electrons. The molecule has 5 nitrogen and oxygen atoms in total. The molecule has 0 aliphatic heterocycles. The molecule has 6 heteroatoms. The molecule has 2 aromatic rings. The Morgan fingerprint density at radius 1 is 1.27 bits per heavy atom. The number of methoxy groups -OCH3 is 1. The summed E-state index contributed by atoms with van der Waals surface area (Å²) < 4.78 is 11.7. The second-order valence-electron chi connectivity index (χ2n) is 5.87. The Morgan fingerprint density at radius 2 is 2.04 bits per heavy atom. The van der Waals surface area contributed by atoms with E-state index < -0.39 is 0 Å². The largest absolute Gasteiger partial charge is 0.492 e. The molecule has 1 amide bonds. The Labute approximate surface area is 162 Å². The van der Waals surface area contributed by atoms with E-state index in [0.29, 0.717) is 24.5 Å². The summed E-state index contributed by atoms with van der Waals surface area (Å²) in [6.45, 7) is 6.46. The summed E-state index contributed by atoms with van der Waals surface area (Å²) >= 11 is 3.45. The highest BCUT2D eigenvalue weighted by atomic mass is 79.9. The van der Waals surface area contributed by atoms with Gasteiger partial charge in [-0.05, 0) is 65.5 Å². The first-order valence-corrected chi connectivity index (χ1v) is 9.12. The van der Waals surface area contributed by atoms with Crippen molar-refractivity contribution in [1.82, 2.24) is 5.43 Å². The molecule has 0 aliphatic carbocycles. The topological polar surface area (TPSA) is 59.9 Å². The SMILES string of the molecule is CCOc1cc(/C=N\NC(=O)Cc2ccc(C)cc2C)cc(Br)c1OC. The molecule has 0 heterocycles. The average molecular weight is 419 g/mol. The lowest BCUT2D eigenvalue weighted by Gasteiger charge is -2.11. The van der Waals surface area contributed by atoms with Gasteiger partial charge in [0.15, 0.2) is 11.5 Å². The van der Waals surface area contributed by atoms with Gasteiger partial charge in [-0.25, -0.2) is 5.43 Å². The zero-order valence-corrected chi connectivity index (χ0v) is 17.0. The van der Waals surface area contributed by atoms with E-state index in [1.54, 1.807) is 13.3 Å². The number of rotatable bonds is 7. The molecule has 26 heavy (non-hydrogen) atoms. The number of hydrogen-bond acceptors (Lipinski definition) is 4. The minimum absolute atomic E-state index is 0.161. The van der Waals surface area contributed by atoms with Crippen molar-refractivity contribution in [2.75, 3.05) is 13.7 Å². The molecule has 0 aromatic heterocycles. The molecule has 0 saturated heterocycles. The van der Waals surface area contributed by atoms with Crippen LogP contribution in [0.4, 0.5) is 0 Å². The summed E-state index contributed by atoms with van der Waals surface area (Å²) in [4.78, 5) is 12.1. The fraction of sp³-hybridized carbons (Fsp3) is 0.300. The molecule has 0 fully saturated rings. The van der Waals surface area contributed by atoms with Gasteiger partial charge in [0.1, 0.15) is 0 Å². The summed E-state index contributed by atoms with van der Waals surface area (Å²) in [5, 5.41) is 4.04. The maximum absolute atomic E-state index is 12.1. The van der Waals surface area contributed by atoms with E-state index in [9.17, 15) is 4.79 Å². The number of aryl methyl sites for hydroxylation is 2. The normalized spacial score (nSPS) is 10.8. The van der Waals surface area contributed by atoms with Crippen LogP contribution in [0.2, 0.25) is 0 Å². The monoisotopic (exact) mass is 418 g/mol. The molecule has 0 radical (unpaired) electrons. The van der Waals surface area contributed by atoms with Gasteiger partial charge in [0.25, 0.3) is 0 Å². The number of nitrogens with zero attached hydrogens (tertiary/aromatic N) is 1. The quantitative estimate of drug-likeness (QED) is 0.542. The number of hydrogen-bond donors (Lipinski definition) is 1. The van der Waals surface area contributed by atoms with Crippen LogP contribution in [-0.4, -0.2) is 25.8 Å². The van der Waals surface area contributed by atoms with Gasteiger partial charge in [0, 0.05) is 0 Å². The zero-order chi connectivity index (χ0) is 19.1. The highest BCUT2D eigenvalue weighted by Crippen LogP contribution is 2.36. The number of hydrazone groups is 1. The van der Waals surface area contributed by atoms with Crippen molar-refractivity contribution < 1.29 is 14.3 Å². The maximum Gasteiger partial charge on any atom is 0.244 e. The zero-order valence-electron chi connectivity index (χ0n) is 15.4. The molecule has 1 N–H and O–H groups in total. The van der Waals surface area contributed by atoms with Crippen LogP contribution in [-0.2, 0) is 11.2 Å². The molecule has 0 atom stereocenters. The number of carbonyl (C=O) groups is 1. The third kappa shape index (κ3) is 5.33. The van der Waals surface area contributed by atoms with Crippen molar-refractivity contribution in [3.8, 4) is 11.5 Å². The van der Waals surface area contributed by atoms with Gasteiger partial charge in [0.2, 0.25) is 5.91 Å². The molecule has 0 unspecified atom stereocenters. The molecule has 0 saturated carbocycles. The van der Waals surface area contributed by atoms with Crippen molar-refractivity contribution in [2.24, 2.45) is 5.10 Å². The van der Waals surface area contributed by atoms with Gasteiger partial charge in [-0.1, -0.05) is 23.8 Å². The minimum Gasteiger partial charge on any atom is -0.492 e. The summed E-state index contributed by atoms with van der Waals surface area (Å²) in [5.74, 6) is 1.08. The van der Waals surface area contributed by atoms with Crippen molar-refractivity contribution >= 4 is 28.1 Å². The Hall–Kier alpha value is -2.34. The Kier molecular flexibility index (Phi) is 7.21. The lowest BCUT2D eigenvalue weighted by molar-refractivity contribution is -0.120. The standard InChI is InChI=1S/C20H23BrN2O3/c1-5-26-18-10-15(9-17(21)20(18)25-4)12-22-23-19(24)11-16-7-6-13(2)8-14(16)3/h6-10,12H,5,11H2,1-4H3,(H,23,24)/b22-12-. The predicted octanol–water partition coefficient (Wildman–Crippen LogP) is 4.17. The third-order valence-electron chi connectivity index (χ3n) is 3.79. The van der Waals surface area contributed by atoms with Gasteiger partial charge in [-0.15, -0.1) is 0 Å². The van der Waals surface area contributed by atoms with Crippen molar-refractivity contribution in [3.63, 3.8) is 0 Å². The van der Waals surface area contributed by atoms with Gasteiger partial charge < -0.3 is 9.47 Å². The van der Waals surface area contributed by atoms with Gasteiger partial charge in [-0.2, -0.15) is 5.10 Å². The van der Waals surface area contributed by atoms with Gasteiger partial charge >= 0.3 is 0 Å². The third-order valence-corrected chi connectivity index (χ3v) is 4.38. The molecule has 2 aromatic carbocycles. The van der Waals surface area contributed by atoms with E-state index in [4.69, 9.17) is 9.47 Å². The molecule has 0 spiro atoms. The summed E-state index contributed by atoms with van der Waals surface area (Å²) in [5.41, 5.74) is 6.63. The van der Waals surface area contributed by atoms with Crippen molar-refractivity contribution in [2.45, 2.75) is 27.2 Å². The van der Waals surface area contributed by atoms with Crippen molar-refractivity contribution in [1.29, 1.82) is 0 Å². The molecule has 2 rings (SSSR count).